The minimum atomic E-state index is -1.44. The Kier molecular flexibility index (Phi) is 3.00. The molecule has 12 heavy (non-hydrogen) atoms. The van der Waals surface area contributed by atoms with Crippen molar-refractivity contribution in [3.8, 4) is 0 Å². The van der Waals surface area contributed by atoms with Gasteiger partial charge in [-0.05, 0) is 6.92 Å². The molecular formula is C7H15FN2O2. The molecule has 1 aliphatic rings. The van der Waals surface area contributed by atoms with Crippen LogP contribution in [0.25, 0.3) is 0 Å². The van der Waals surface area contributed by atoms with Gasteiger partial charge in [0, 0.05) is 6.54 Å². The first kappa shape index (κ1) is 9.85. The van der Waals surface area contributed by atoms with Gasteiger partial charge in [-0.15, -0.1) is 0 Å². The zero-order valence-corrected chi connectivity index (χ0v) is 6.98. The molecule has 1 saturated heterocycles. The summed E-state index contributed by atoms with van der Waals surface area (Å²) in [7, 11) is 0. The molecule has 0 radical (unpaired) electrons. The molecule has 5 heteroatoms. The van der Waals surface area contributed by atoms with Crippen LogP contribution in [0.1, 0.15) is 6.92 Å². The fourth-order valence-corrected chi connectivity index (χ4v) is 1.33. The Balaban J connectivity index is 2.63. The lowest BCUT2D eigenvalue weighted by molar-refractivity contribution is -0.149. The minimum absolute atomic E-state index is 0.110. The zero-order chi connectivity index (χ0) is 9.30. The molecule has 0 saturated carbocycles. The molecule has 1 heterocycles. The molecule has 0 spiro atoms. The van der Waals surface area contributed by atoms with Crippen molar-refractivity contribution in [1.82, 2.24) is 0 Å². The summed E-state index contributed by atoms with van der Waals surface area (Å²) in [5, 5.41) is 9.27. The monoisotopic (exact) mass is 178 g/mol. The van der Waals surface area contributed by atoms with E-state index in [9.17, 15) is 9.50 Å². The maximum Gasteiger partial charge on any atom is 0.146 e. The van der Waals surface area contributed by atoms with Crippen LogP contribution in [-0.2, 0) is 4.74 Å². The number of hydrogen-bond acceptors (Lipinski definition) is 4. The highest BCUT2D eigenvalue weighted by atomic mass is 19.1. The van der Waals surface area contributed by atoms with E-state index in [-0.39, 0.29) is 6.54 Å². The van der Waals surface area contributed by atoms with Gasteiger partial charge in [-0.2, -0.15) is 0 Å². The second kappa shape index (κ2) is 3.66. The number of nitrogens with two attached hydrogens (primary N) is 2. The SMILES string of the molecule is C[C@H]1O[C@H](CN)[C@@H](O)[C@H](F)[C@H]1N. The third-order valence-corrected chi connectivity index (χ3v) is 2.24. The maximum absolute atomic E-state index is 13.1. The highest BCUT2D eigenvalue weighted by Crippen LogP contribution is 2.21. The Bertz CT molecular complexity index is 154. The number of rotatable bonds is 1. The number of aliphatic hydroxyl groups excluding tert-OH is 1. The first-order valence-corrected chi connectivity index (χ1v) is 4.01. The van der Waals surface area contributed by atoms with Gasteiger partial charge in [0.15, 0.2) is 0 Å². The molecule has 0 aliphatic carbocycles. The van der Waals surface area contributed by atoms with Crippen LogP contribution in [0, 0.1) is 0 Å². The molecule has 0 amide bonds. The Morgan fingerprint density at radius 3 is 2.67 bits per heavy atom. The second-order valence-corrected chi connectivity index (χ2v) is 3.13. The zero-order valence-electron chi connectivity index (χ0n) is 6.98. The summed E-state index contributed by atoms with van der Waals surface area (Å²) in [5.41, 5.74) is 10.7. The first-order valence-electron chi connectivity index (χ1n) is 4.01. The first-order chi connectivity index (χ1) is 5.57. The molecule has 1 fully saturated rings. The molecule has 0 unspecified atom stereocenters. The lowest BCUT2D eigenvalue weighted by atomic mass is 9.95. The van der Waals surface area contributed by atoms with Crippen LogP contribution < -0.4 is 11.5 Å². The fraction of sp³-hybridized carbons (Fsp3) is 1.00. The van der Waals surface area contributed by atoms with Gasteiger partial charge in [-0.1, -0.05) is 0 Å². The topological polar surface area (TPSA) is 81.5 Å². The van der Waals surface area contributed by atoms with Crippen LogP contribution in [0.4, 0.5) is 4.39 Å². The van der Waals surface area contributed by atoms with Crippen molar-refractivity contribution in [3.63, 3.8) is 0 Å². The van der Waals surface area contributed by atoms with E-state index < -0.39 is 30.5 Å². The number of ether oxygens (including phenoxy) is 1. The lowest BCUT2D eigenvalue weighted by Crippen LogP contribution is -2.60. The summed E-state index contributed by atoms with van der Waals surface area (Å²) >= 11 is 0. The summed E-state index contributed by atoms with van der Waals surface area (Å²) in [6.45, 7) is 1.78. The molecule has 0 aromatic carbocycles. The van der Waals surface area contributed by atoms with Gasteiger partial charge in [0.05, 0.1) is 18.2 Å². The van der Waals surface area contributed by atoms with Crippen molar-refractivity contribution in [2.24, 2.45) is 11.5 Å². The van der Waals surface area contributed by atoms with Crippen molar-refractivity contribution in [1.29, 1.82) is 0 Å². The molecule has 0 aromatic heterocycles. The van der Waals surface area contributed by atoms with E-state index in [4.69, 9.17) is 16.2 Å². The van der Waals surface area contributed by atoms with E-state index in [1.165, 1.54) is 0 Å². The van der Waals surface area contributed by atoms with Crippen LogP contribution in [0.2, 0.25) is 0 Å². The smallest absolute Gasteiger partial charge is 0.146 e. The van der Waals surface area contributed by atoms with Crippen molar-refractivity contribution < 1.29 is 14.2 Å². The van der Waals surface area contributed by atoms with Crippen LogP contribution in [-0.4, -0.2) is 42.2 Å². The Labute approximate surface area is 70.7 Å². The van der Waals surface area contributed by atoms with Gasteiger partial charge in [-0.25, -0.2) is 4.39 Å². The lowest BCUT2D eigenvalue weighted by Gasteiger charge is -2.38. The van der Waals surface area contributed by atoms with E-state index in [1.54, 1.807) is 6.92 Å². The van der Waals surface area contributed by atoms with E-state index in [0.29, 0.717) is 0 Å². The molecule has 5 atom stereocenters. The number of aliphatic hydroxyl groups is 1. The van der Waals surface area contributed by atoms with E-state index >= 15 is 0 Å². The van der Waals surface area contributed by atoms with Crippen LogP contribution in [0.3, 0.4) is 0 Å². The summed E-state index contributed by atoms with van der Waals surface area (Å²) in [4.78, 5) is 0. The largest absolute Gasteiger partial charge is 0.387 e. The Morgan fingerprint density at radius 1 is 1.58 bits per heavy atom. The van der Waals surface area contributed by atoms with Crippen LogP contribution >= 0.6 is 0 Å². The number of hydrogen-bond donors (Lipinski definition) is 3. The van der Waals surface area contributed by atoms with Crippen molar-refractivity contribution in [2.75, 3.05) is 6.54 Å². The van der Waals surface area contributed by atoms with E-state index in [1.807, 2.05) is 0 Å². The third kappa shape index (κ3) is 1.59. The molecule has 5 N–H and O–H groups in total. The number of alkyl halides is 1. The highest BCUT2D eigenvalue weighted by molar-refractivity contribution is 4.93. The molecule has 0 bridgehead atoms. The van der Waals surface area contributed by atoms with E-state index in [2.05, 4.69) is 0 Å². The molecular weight excluding hydrogens is 163 g/mol. The van der Waals surface area contributed by atoms with Gasteiger partial charge in [-0.3, -0.25) is 0 Å². The summed E-state index contributed by atoms with van der Waals surface area (Å²) in [6, 6.07) is -0.761. The van der Waals surface area contributed by atoms with Crippen molar-refractivity contribution in [3.05, 3.63) is 0 Å². The normalized spacial score (nSPS) is 49.2. The van der Waals surface area contributed by atoms with Gasteiger partial charge >= 0.3 is 0 Å². The summed E-state index contributed by atoms with van der Waals surface area (Å²) in [5.74, 6) is 0. The van der Waals surface area contributed by atoms with Crippen molar-refractivity contribution in [2.45, 2.75) is 37.4 Å². The molecule has 1 aliphatic heterocycles. The molecule has 4 nitrogen and oxygen atoms in total. The van der Waals surface area contributed by atoms with Crippen LogP contribution in [0.5, 0.6) is 0 Å². The standard InChI is InChI=1S/C7H15FN2O2/c1-3-6(10)5(8)7(11)4(2-9)12-3/h3-7,11H,2,9-10H2,1H3/t3-,4-,5-,6+,7-/m1/s1. The number of halogens is 1. The van der Waals surface area contributed by atoms with Crippen LogP contribution in [0.15, 0.2) is 0 Å². The molecule has 0 aromatic rings. The van der Waals surface area contributed by atoms with Gasteiger partial charge in [0.2, 0.25) is 0 Å². The second-order valence-electron chi connectivity index (χ2n) is 3.13. The maximum atomic E-state index is 13.1. The highest BCUT2D eigenvalue weighted by Gasteiger charge is 2.41. The minimum Gasteiger partial charge on any atom is -0.387 e. The Morgan fingerprint density at radius 2 is 2.17 bits per heavy atom. The van der Waals surface area contributed by atoms with Crippen molar-refractivity contribution >= 4 is 0 Å². The average molecular weight is 178 g/mol. The predicted molar refractivity (Wildman–Crippen MR) is 42.3 cm³/mol. The third-order valence-electron chi connectivity index (χ3n) is 2.24. The van der Waals surface area contributed by atoms with E-state index in [0.717, 1.165) is 0 Å². The average Bonchev–Trinajstić information content (AvgIpc) is 2.08. The van der Waals surface area contributed by atoms with Gasteiger partial charge < -0.3 is 21.3 Å². The molecule has 72 valence electrons. The fourth-order valence-electron chi connectivity index (χ4n) is 1.33. The summed E-state index contributed by atoms with van der Waals surface area (Å²) in [6.07, 6.45) is -3.66. The predicted octanol–water partition coefficient (Wildman–Crippen LogP) is -1.24. The Hall–Kier alpha value is -0.230. The molecule has 1 rings (SSSR count). The van der Waals surface area contributed by atoms with Gasteiger partial charge in [0.1, 0.15) is 12.3 Å². The summed E-state index contributed by atoms with van der Waals surface area (Å²) < 4.78 is 18.3. The quantitative estimate of drug-likeness (QED) is 0.469. The van der Waals surface area contributed by atoms with Gasteiger partial charge in [0.25, 0.3) is 0 Å².